The highest BCUT2D eigenvalue weighted by atomic mass is 127. The highest BCUT2D eigenvalue weighted by Crippen LogP contribution is 2.12. The molecule has 8 heteroatoms. The fourth-order valence-corrected chi connectivity index (χ4v) is 3.11. The van der Waals surface area contributed by atoms with Gasteiger partial charge in [-0.3, -0.25) is 4.90 Å². The van der Waals surface area contributed by atoms with Gasteiger partial charge in [0.1, 0.15) is 18.6 Å². The summed E-state index contributed by atoms with van der Waals surface area (Å²) in [5.74, 6) is 1.86. The predicted octanol–water partition coefficient (Wildman–Crippen LogP) is 2.76. The number of nitrogens with zero attached hydrogens (tertiary/aromatic N) is 4. The Morgan fingerprint density at radius 3 is 2.75 bits per heavy atom. The Hall–Kier alpha value is -1.81. The van der Waals surface area contributed by atoms with Gasteiger partial charge >= 0.3 is 0 Å². The number of ether oxygens (including phenoxy) is 1. The fourth-order valence-electron chi connectivity index (χ4n) is 3.11. The van der Waals surface area contributed by atoms with Crippen LogP contribution in [-0.2, 0) is 6.54 Å². The first-order valence-corrected chi connectivity index (χ1v) is 9.59. The molecule has 0 atom stereocenters. The van der Waals surface area contributed by atoms with E-state index in [9.17, 15) is 0 Å². The lowest BCUT2D eigenvalue weighted by Crippen LogP contribution is -2.52. The Kier molecular flexibility index (Phi) is 9.56. The molecule has 2 heterocycles. The van der Waals surface area contributed by atoms with Crippen molar-refractivity contribution in [3.05, 3.63) is 47.9 Å². The molecule has 2 aromatic rings. The number of aryl methyl sites for hydroxylation is 1. The van der Waals surface area contributed by atoms with Gasteiger partial charge in [-0.05, 0) is 31.5 Å². The minimum absolute atomic E-state index is 0. The van der Waals surface area contributed by atoms with E-state index in [0.717, 1.165) is 56.7 Å². The molecule has 7 nitrogen and oxygen atoms in total. The van der Waals surface area contributed by atoms with Gasteiger partial charge in [-0.25, -0.2) is 4.99 Å². The van der Waals surface area contributed by atoms with E-state index in [-0.39, 0.29) is 24.0 Å². The third-order valence-electron chi connectivity index (χ3n) is 4.49. The Morgan fingerprint density at radius 1 is 1.25 bits per heavy atom. The zero-order valence-corrected chi connectivity index (χ0v) is 19.0. The van der Waals surface area contributed by atoms with Crippen LogP contribution in [0.5, 0.6) is 5.75 Å². The van der Waals surface area contributed by atoms with Crippen molar-refractivity contribution in [1.82, 2.24) is 20.3 Å². The summed E-state index contributed by atoms with van der Waals surface area (Å²) in [5.41, 5.74) is 2.19. The van der Waals surface area contributed by atoms with Gasteiger partial charge < -0.3 is 19.5 Å². The van der Waals surface area contributed by atoms with Crippen LogP contribution in [0.2, 0.25) is 0 Å². The number of aliphatic imine (C=N–C) groups is 1. The van der Waals surface area contributed by atoms with E-state index in [2.05, 4.69) is 40.2 Å². The molecule has 0 spiro atoms. The van der Waals surface area contributed by atoms with Crippen molar-refractivity contribution in [2.45, 2.75) is 20.4 Å². The van der Waals surface area contributed by atoms with Gasteiger partial charge in [-0.1, -0.05) is 17.3 Å². The molecule has 0 amide bonds. The summed E-state index contributed by atoms with van der Waals surface area (Å²) in [5, 5.41) is 7.39. The van der Waals surface area contributed by atoms with Crippen LogP contribution >= 0.6 is 24.0 Å². The van der Waals surface area contributed by atoms with Crippen LogP contribution in [0.15, 0.2) is 46.1 Å². The molecular formula is C20H30IN5O2. The Bertz CT molecular complexity index is 715. The second kappa shape index (κ2) is 11.9. The summed E-state index contributed by atoms with van der Waals surface area (Å²) in [7, 11) is 0. The van der Waals surface area contributed by atoms with E-state index in [0.29, 0.717) is 13.2 Å². The molecule has 0 saturated carbocycles. The number of aromatic nitrogens is 1. The molecule has 1 N–H and O–H groups in total. The highest BCUT2D eigenvalue weighted by Gasteiger charge is 2.20. The number of guanidine groups is 1. The molecule has 0 unspecified atom stereocenters. The van der Waals surface area contributed by atoms with Gasteiger partial charge in [0.15, 0.2) is 5.96 Å². The molecule has 1 fully saturated rings. The third kappa shape index (κ3) is 6.97. The standard InChI is InChI=1S/C20H29N5O2.HI/c1-3-21-20(22-8-14-26-19-6-4-5-17(2)15-19)25-11-9-24(10-12-25)16-18-7-13-27-23-18;/h4-7,13,15H,3,8-12,14,16H2,1-2H3,(H,21,22);1H. The lowest BCUT2D eigenvalue weighted by molar-refractivity contribution is 0.169. The predicted molar refractivity (Wildman–Crippen MR) is 121 cm³/mol. The topological polar surface area (TPSA) is 66.1 Å². The molecule has 0 radical (unpaired) electrons. The number of hydrogen-bond acceptors (Lipinski definition) is 5. The van der Waals surface area contributed by atoms with Crippen LogP contribution in [0.1, 0.15) is 18.2 Å². The van der Waals surface area contributed by atoms with Crippen molar-refractivity contribution in [2.24, 2.45) is 4.99 Å². The van der Waals surface area contributed by atoms with Crippen LogP contribution in [0, 0.1) is 6.92 Å². The van der Waals surface area contributed by atoms with Crippen molar-refractivity contribution in [1.29, 1.82) is 0 Å². The van der Waals surface area contributed by atoms with E-state index in [1.807, 2.05) is 24.3 Å². The highest BCUT2D eigenvalue weighted by molar-refractivity contribution is 14.0. The summed E-state index contributed by atoms with van der Waals surface area (Å²) in [6.45, 7) is 10.9. The van der Waals surface area contributed by atoms with Gasteiger partial charge in [0.2, 0.25) is 0 Å². The number of nitrogens with one attached hydrogen (secondary N) is 1. The lowest BCUT2D eigenvalue weighted by Gasteiger charge is -2.36. The maximum absolute atomic E-state index is 5.80. The zero-order chi connectivity index (χ0) is 18.9. The molecule has 28 heavy (non-hydrogen) atoms. The van der Waals surface area contributed by atoms with Gasteiger partial charge in [0.05, 0.1) is 12.2 Å². The number of hydrogen-bond donors (Lipinski definition) is 1. The fraction of sp³-hybridized carbons (Fsp3) is 0.500. The second-order valence-electron chi connectivity index (χ2n) is 6.65. The molecule has 1 aliphatic heterocycles. The Balaban J connectivity index is 0.00000280. The normalized spacial score (nSPS) is 15.2. The maximum atomic E-state index is 5.80. The monoisotopic (exact) mass is 499 g/mol. The zero-order valence-electron chi connectivity index (χ0n) is 16.6. The van der Waals surface area contributed by atoms with Crippen molar-refractivity contribution in [3.63, 3.8) is 0 Å². The first-order chi connectivity index (χ1) is 13.2. The summed E-state index contributed by atoms with van der Waals surface area (Å²) >= 11 is 0. The molecule has 0 bridgehead atoms. The van der Waals surface area contributed by atoms with Crippen LogP contribution < -0.4 is 10.1 Å². The van der Waals surface area contributed by atoms with Crippen LogP contribution in [-0.4, -0.2) is 66.8 Å². The molecule has 1 saturated heterocycles. The Morgan fingerprint density at radius 2 is 2.07 bits per heavy atom. The van der Waals surface area contributed by atoms with Crippen LogP contribution in [0.4, 0.5) is 0 Å². The van der Waals surface area contributed by atoms with Gasteiger partial charge in [0.25, 0.3) is 0 Å². The minimum atomic E-state index is 0. The molecule has 0 aliphatic carbocycles. The number of piperazine rings is 1. The van der Waals surface area contributed by atoms with E-state index < -0.39 is 0 Å². The number of rotatable bonds is 7. The van der Waals surface area contributed by atoms with E-state index in [4.69, 9.17) is 14.3 Å². The summed E-state index contributed by atoms with van der Waals surface area (Å²) in [6.07, 6.45) is 1.63. The third-order valence-corrected chi connectivity index (χ3v) is 4.49. The SMILES string of the molecule is CCNC(=NCCOc1cccc(C)c1)N1CCN(Cc2ccon2)CC1.I. The van der Waals surface area contributed by atoms with Gasteiger partial charge in [-0.15, -0.1) is 24.0 Å². The van der Waals surface area contributed by atoms with E-state index in [1.54, 1.807) is 6.26 Å². The number of halogens is 1. The average Bonchev–Trinajstić information content (AvgIpc) is 3.18. The second-order valence-corrected chi connectivity index (χ2v) is 6.65. The van der Waals surface area contributed by atoms with Crippen molar-refractivity contribution >= 4 is 29.9 Å². The summed E-state index contributed by atoms with van der Waals surface area (Å²) in [6, 6.07) is 10.0. The maximum Gasteiger partial charge on any atom is 0.194 e. The molecule has 1 aliphatic rings. The lowest BCUT2D eigenvalue weighted by atomic mass is 10.2. The van der Waals surface area contributed by atoms with Crippen molar-refractivity contribution < 1.29 is 9.26 Å². The van der Waals surface area contributed by atoms with Gasteiger partial charge in [0, 0.05) is 45.3 Å². The molecular weight excluding hydrogens is 469 g/mol. The Labute approximate surface area is 184 Å². The average molecular weight is 499 g/mol. The van der Waals surface area contributed by atoms with Crippen LogP contribution in [0.3, 0.4) is 0 Å². The molecule has 1 aromatic heterocycles. The molecule has 1 aromatic carbocycles. The van der Waals surface area contributed by atoms with Gasteiger partial charge in [-0.2, -0.15) is 0 Å². The molecule has 154 valence electrons. The largest absolute Gasteiger partial charge is 0.492 e. The van der Waals surface area contributed by atoms with E-state index in [1.165, 1.54) is 5.56 Å². The quantitative estimate of drug-likeness (QED) is 0.274. The summed E-state index contributed by atoms with van der Waals surface area (Å²) in [4.78, 5) is 9.44. The van der Waals surface area contributed by atoms with Crippen LogP contribution in [0.25, 0.3) is 0 Å². The van der Waals surface area contributed by atoms with Crippen molar-refractivity contribution in [2.75, 3.05) is 45.9 Å². The van der Waals surface area contributed by atoms with E-state index >= 15 is 0 Å². The number of benzene rings is 1. The first-order valence-electron chi connectivity index (χ1n) is 9.59. The minimum Gasteiger partial charge on any atom is -0.492 e. The van der Waals surface area contributed by atoms with Crippen molar-refractivity contribution in [3.8, 4) is 5.75 Å². The smallest absolute Gasteiger partial charge is 0.194 e. The first kappa shape index (κ1) is 22.5. The summed E-state index contributed by atoms with van der Waals surface area (Å²) < 4.78 is 10.7. The molecule has 3 rings (SSSR count).